The van der Waals surface area contributed by atoms with E-state index in [0.717, 1.165) is 11.1 Å². The third-order valence-electron chi connectivity index (χ3n) is 5.14. The molecule has 3 rings (SSSR count). The summed E-state index contributed by atoms with van der Waals surface area (Å²) in [6, 6.07) is 6.86. The average Bonchev–Trinajstić information content (AvgIpc) is 3.36. The highest BCUT2D eigenvalue weighted by Gasteiger charge is 2.20. The third-order valence-corrected chi connectivity index (χ3v) is 5.76. The van der Waals surface area contributed by atoms with E-state index in [1.165, 1.54) is 14.2 Å². The first-order chi connectivity index (χ1) is 17.2. The standard InChI is InChI=1S/C15H20N4O3.C9H11BrN2O2/c1-17-15(21)13-12(16)5-4-11(14(13)22-2)10-8-18-19(9-10)6-3-7-20;1-12-9(13)7-6(11)4-3-5(10)8(7)14-2/h4-5,8-9,20H,3,6-7,16H2,1-2H3,(H,17,21);3-4H,11H2,1-2H3,(H,12,13). The number of aliphatic hydroxyl groups excluding tert-OH is 1. The maximum atomic E-state index is 12.0. The van der Waals surface area contributed by atoms with Gasteiger partial charge in [0.25, 0.3) is 11.8 Å². The molecule has 2 aromatic carbocycles. The van der Waals surface area contributed by atoms with Gasteiger partial charge in [-0.3, -0.25) is 14.3 Å². The molecule has 0 aliphatic heterocycles. The zero-order valence-electron chi connectivity index (χ0n) is 20.6. The predicted molar refractivity (Wildman–Crippen MR) is 142 cm³/mol. The monoisotopic (exact) mass is 562 g/mol. The molecule has 0 aliphatic rings. The average molecular weight is 563 g/mol. The van der Waals surface area contributed by atoms with Crippen molar-refractivity contribution in [2.75, 3.05) is 46.4 Å². The van der Waals surface area contributed by atoms with Gasteiger partial charge in [0.05, 0.1) is 24.9 Å². The number of nitrogens with zero attached hydrogens (tertiary/aromatic N) is 2. The maximum Gasteiger partial charge on any atom is 0.256 e. The van der Waals surface area contributed by atoms with E-state index in [4.69, 9.17) is 26.0 Å². The highest BCUT2D eigenvalue weighted by atomic mass is 79.9. The van der Waals surface area contributed by atoms with Gasteiger partial charge in [-0.05, 0) is 46.6 Å². The summed E-state index contributed by atoms with van der Waals surface area (Å²) in [5.74, 6) is 0.301. The van der Waals surface area contributed by atoms with Gasteiger partial charge in [0.15, 0.2) is 0 Å². The van der Waals surface area contributed by atoms with Gasteiger partial charge in [-0.2, -0.15) is 5.10 Å². The number of halogens is 1. The Labute approximate surface area is 217 Å². The van der Waals surface area contributed by atoms with Gasteiger partial charge in [-0.1, -0.05) is 0 Å². The van der Waals surface area contributed by atoms with Crippen molar-refractivity contribution in [2.24, 2.45) is 0 Å². The van der Waals surface area contributed by atoms with Gasteiger partial charge < -0.3 is 36.7 Å². The van der Waals surface area contributed by atoms with Gasteiger partial charge in [-0.15, -0.1) is 0 Å². The molecule has 0 spiro atoms. The number of amides is 2. The molecular weight excluding hydrogens is 532 g/mol. The van der Waals surface area contributed by atoms with Crippen LogP contribution in [0.25, 0.3) is 11.1 Å². The van der Waals surface area contributed by atoms with Crippen molar-refractivity contribution in [2.45, 2.75) is 13.0 Å². The van der Waals surface area contributed by atoms with Crippen molar-refractivity contribution in [3.8, 4) is 22.6 Å². The van der Waals surface area contributed by atoms with Crippen LogP contribution in [-0.4, -0.2) is 61.6 Å². The number of aliphatic hydroxyl groups is 1. The number of carbonyl (C=O) groups excluding carboxylic acids is 2. The second-order valence-corrected chi connectivity index (χ2v) is 8.24. The zero-order valence-corrected chi connectivity index (χ0v) is 22.2. The molecule has 1 heterocycles. The molecule has 11 nitrogen and oxygen atoms in total. The summed E-state index contributed by atoms with van der Waals surface area (Å²) in [6.07, 6.45) is 4.17. The molecule has 0 atom stereocenters. The van der Waals surface area contributed by atoms with Crippen LogP contribution in [0.1, 0.15) is 27.1 Å². The minimum Gasteiger partial charge on any atom is -0.495 e. The van der Waals surface area contributed by atoms with E-state index in [1.807, 2.05) is 6.20 Å². The fourth-order valence-corrected chi connectivity index (χ4v) is 3.88. The molecule has 12 heteroatoms. The molecule has 7 N–H and O–H groups in total. The lowest BCUT2D eigenvalue weighted by atomic mass is 10.0. The molecule has 0 saturated heterocycles. The summed E-state index contributed by atoms with van der Waals surface area (Å²) < 4.78 is 12.9. The van der Waals surface area contributed by atoms with Crippen LogP contribution in [-0.2, 0) is 6.54 Å². The van der Waals surface area contributed by atoms with Crippen LogP contribution in [0, 0.1) is 0 Å². The van der Waals surface area contributed by atoms with E-state index in [2.05, 4.69) is 31.7 Å². The highest BCUT2D eigenvalue weighted by molar-refractivity contribution is 9.10. The number of methoxy groups -OCH3 is 2. The van der Waals surface area contributed by atoms with E-state index < -0.39 is 0 Å². The first-order valence-electron chi connectivity index (χ1n) is 10.9. The van der Waals surface area contributed by atoms with E-state index in [9.17, 15) is 9.59 Å². The predicted octanol–water partition coefficient (Wildman–Crippen LogP) is 2.28. The van der Waals surface area contributed by atoms with E-state index in [0.29, 0.717) is 51.4 Å². The number of nitrogen functional groups attached to an aromatic ring is 2. The van der Waals surface area contributed by atoms with Gasteiger partial charge in [0.1, 0.15) is 22.6 Å². The number of anilines is 2. The van der Waals surface area contributed by atoms with Crippen LogP contribution in [0.4, 0.5) is 11.4 Å². The van der Waals surface area contributed by atoms with Crippen molar-refractivity contribution >= 4 is 39.1 Å². The van der Waals surface area contributed by atoms with Crippen molar-refractivity contribution in [1.29, 1.82) is 0 Å². The first-order valence-corrected chi connectivity index (χ1v) is 11.7. The summed E-state index contributed by atoms with van der Waals surface area (Å²) >= 11 is 3.28. The van der Waals surface area contributed by atoms with Crippen LogP contribution >= 0.6 is 15.9 Å². The molecular formula is C24H31BrN6O5. The number of hydrogen-bond donors (Lipinski definition) is 5. The molecule has 0 bridgehead atoms. The largest absolute Gasteiger partial charge is 0.495 e. The molecule has 1 aromatic heterocycles. The van der Waals surface area contributed by atoms with Crippen molar-refractivity contribution in [3.63, 3.8) is 0 Å². The number of nitrogens with one attached hydrogen (secondary N) is 2. The number of rotatable bonds is 8. The molecule has 0 aliphatic carbocycles. The van der Waals surface area contributed by atoms with Crippen molar-refractivity contribution < 1.29 is 24.2 Å². The molecule has 2 amide bonds. The summed E-state index contributed by atoms with van der Waals surface area (Å²) in [6.45, 7) is 0.733. The minimum absolute atomic E-state index is 0.112. The van der Waals surface area contributed by atoms with Crippen LogP contribution in [0.3, 0.4) is 0 Å². The Balaban J connectivity index is 0.000000281. The molecule has 0 unspecified atom stereocenters. The van der Waals surface area contributed by atoms with Crippen LogP contribution in [0.5, 0.6) is 11.5 Å². The molecule has 36 heavy (non-hydrogen) atoms. The smallest absolute Gasteiger partial charge is 0.256 e. The number of hydrogen-bond acceptors (Lipinski definition) is 8. The van der Waals surface area contributed by atoms with Crippen molar-refractivity contribution in [3.05, 3.63) is 52.3 Å². The second-order valence-electron chi connectivity index (χ2n) is 7.38. The minimum atomic E-state index is -0.302. The quantitative estimate of drug-likeness (QED) is 0.260. The Hall–Kier alpha value is -3.77. The molecule has 0 radical (unpaired) electrons. The zero-order chi connectivity index (χ0) is 26.8. The number of benzene rings is 2. The molecule has 0 saturated carbocycles. The summed E-state index contributed by atoms with van der Waals surface area (Å²) in [4.78, 5) is 23.5. The highest BCUT2D eigenvalue weighted by Crippen LogP contribution is 2.36. The fraction of sp³-hybridized carbons (Fsp3) is 0.292. The summed E-state index contributed by atoms with van der Waals surface area (Å²) in [5, 5.41) is 18.2. The Morgan fingerprint density at radius 1 is 1.00 bits per heavy atom. The summed E-state index contributed by atoms with van der Waals surface area (Å²) in [5.41, 5.74) is 14.6. The Morgan fingerprint density at radius 3 is 2.08 bits per heavy atom. The Kier molecular flexibility index (Phi) is 10.6. The lowest BCUT2D eigenvalue weighted by Crippen LogP contribution is -2.20. The second kappa shape index (κ2) is 13.4. The van der Waals surface area contributed by atoms with Gasteiger partial charge >= 0.3 is 0 Å². The first kappa shape index (κ1) is 28.5. The van der Waals surface area contributed by atoms with Crippen LogP contribution in [0.2, 0.25) is 0 Å². The SMILES string of the molecule is CNC(=O)c1c(N)ccc(-c2cnn(CCCO)c2)c1OC.CNC(=O)c1c(N)ccc(Br)c1OC. The number of carbonyl (C=O) groups is 2. The van der Waals surface area contributed by atoms with E-state index in [-0.39, 0.29) is 18.4 Å². The molecule has 0 fully saturated rings. The molecule has 194 valence electrons. The van der Waals surface area contributed by atoms with Gasteiger partial charge in [0.2, 0.25) is 0 Å². The topological polar surface area (TPSA) is 167 Å². The fourth-order valence-electron chi connectivity index (χ4n) is 3.39. The van der Waals surface area contributed by atoms with Gasteiger partial charge in [-0.25, -0.2) is 0 Å². The number of nitrogens with two attached hydrogens (primary N) is 2. The van der Waals surface area contributed by atoms with Crippen LogP contribution < -0.4 is 31.6 Å². The number of ether oxygens (including phenoxy) is 2. The maximum absolute atomic E-state index is 12.0. The van der Waals surface area contributed by atoms with Crippen LogP contribution in [0.15, 0.2) is 41.1 Å². The third kappa shape index (κ3) is 6.46. The normalized spacial score (nSPS) is 10.2. The van der Waals surface area contributed by atoms with E-state index in [1.54, 1.807) is 49.2 Å². The number of aryl methyl sites for hydroxylation is 1. The lowest BCUT2D eigenvalue weighted by Gasteiger charge is -2.14. The van der Waals surface area contributed by atoms with E-state index >= 15 is 0 Å². The summed E-state index contributed by atoms with van der Waals surface area (Å²) in [7, 11) is 6.08. The van der Waals surface area contributed by atoms with Crippen molar-refractivity contribution in [1.82, 2.24) is 20.4 Å². The Morgan fingerprint density at radius 2 is 1.56 bits per heavy atom. The lowest BCUT2D eigenvalue weighted by molar-refractivity contribution is 0.0952. The molecule has 3 aromatic rings. The van der Waals surface area contributed by atoms with Gasteiger partial charge in [0, 0.05) is 55.9 Å². The Bertz CT molecular complexity index is 1210. The number of aromatic nitrogens is 2.